The summed E-state index contributed by atoms with van der Waals surface area (Å²) < 4.78 is 5.58. The number of aliphatic hydroxyl groups excluding tert-OH is 1. The highest BCUT2D eigenvalue weighted by Crippen LogP contribution is 2.44. The van der Waals surface area contributed by atoms with Crippen molar-refractivity contribution in [1.29, 1.82) is 0 Å². The van der Waals surface area contributed by atoms with Crippen LogP contribution in [0.25, 0.3) is 11.1 Å². The molecule has 0 aromatic heterocycles. The first-order valence-corrected chi connectivity index (χ1v) is 11.1. The molecule has 33 heavy (non-hydrogen) atoms. The number of carbonyl (C=O) groups excluding carboxylic acids is 2. The smallest absolute Gasteiger partial charge is 0.408 e. The van der Waals surface area contributed by atoms with Crippen molar-refractivity contribution in [2.45, 2.75) is 43.7 Å². The van der Waals surface area contributed by atoms with Crippen molar-refractivity contribution in [3.63, 3.8) is 0 Å². The van der Waals surface area contributed by atoms with Crippen LogP contribution in [0, 0.1) is 5.92 Å². The molecule has 2 aromatic carbocycles. The van der Waals surface area contributed by atoms with Crippen LogP contribution in [0.15, 0.2) is 48.5 Å². The monoisotopic (exact) mass is 452 g/mol. The predicted octanol–water partition coefficient (Wildman–Crippen LogP) is 2.65. The molecule has 0 spiro atoms. The largest absolute Gasteiger partial charge is 0.480 e. The Bertz CT molecular complexity index is 1020. The molecule has 1 saturated carbocycles. The Morgan fingerprint density at radius 3 is 2.15 bits per heavy atom. The molecular formula is C25H28N2O6. The van der Waals surface area contributed by atoms with Crippen LogP contribution in [0.5, 0.6) is 0 Å². The Hall–Kier alpha value is -3.39. The molecule has 174 valence electrons. The first-order valence-electron chi connectivity index (χ1n) is 11.1. The lowest BCUT2D eigenvalue weighted by Gasteiger charge is -2.30. The molecule has 2 aromatic rings. The molecule has 4 N–H and O–H groups in total. The van der Waals surface area contributed by atoms with Gasteiger partial charge in [-0.1, -0.05) is 48.5 Å². The molecule has 4 rings (SSSR count). The number of carboxylic acid groups (broad SMARTS) is 1. The Kier molecular flexibility index (Phi) is 6.37. The van der Waals surface area contributed by atoms with Crippen LogP contribution >= 0.6 is 0 Å². The average Bonchev–Trinajstić information content (AvgIpc) is 3.61. The van der Waals surface area contributed by atoms with Crippen LogP contribution in [0.4, 0.5) is 4.79 Å². The molecule has 0 saturated heterocycles. The van der Waals surface area contributed by atoms with E-state index in [4.69, 9.17) is 9.84 Å². The molecule has 1 fully saturated rings. The van der Waals surface area contributed by atoms with Crippen molar-refractivity contribution in [2.75, 3.05) is 13.2 Å². The van der Waals surface area contributed by atoms with Crippen LogP contribution in [0.3, 0.4) is 0 Å². The van der Waals surface area contributed by atoms with Gasteiger partial charge >= 0.3 is 12.1 Å². The van der Waals surface area contributed by atoms with Gasteiger partial charge in [-0.3, -0.25) is 4.79 Å². The first-order chi connectivity index (χ1) is 15.8. The van der Waals surface area contributed by atoms with Gasteiger partial charge in [0.2, 0.25) is 5.91 Å². The van der Waals surface area contributed by atoms with Gasteiger partial charge in [0, 0.05) is 18.9 Å². The van der Waals surface area contributed by atoms with E-state index in [1.165, 1.54) is 0 Å². The molecule has 0 heterocycles. The maximum Gasteiger partial charge on any atom is 0.408 e. The lowest BCUT2D eigenvalue weighted by atomic mass is 9.94. The fourth-order valence-corrected chi connectivity index (χ4v) is 4.55. The van der Waals surface area contributed by atoms with Gasteiger partial charge in [-0.05, 0) is 47.9 Å². The summed E-state index contributed by atoms with van der Waals surface area (Å²) in [6.07, 6.45) is 0.638. The van der Waals surface area contributed by atoms with Gasteiger partial charge in [-0.15, -0.1) is 0 Å². The molecule has 8 nitrogen and oxygen atoms in total. The number of aliphatic hydroxyl groups is 1. The molecule has 0 aliphatic heterocycles. The van der Waals surface area contributed by atoms with Crippen molar-refractivity contribution >= 4 is 18.0 Å². The number of aliphatic carboxylic acids is 1. The fraction of sp³-hybridized carbons (Fsp3) is 0.400. The summed E-state index contributed by atoms with van der Waals surface area (Å²) in [4.78, 5) is 37.1. The summed E-state index contributed by atoms with van der Waals surface area (Å²) in [6.45, 7) is 1.32. The van der Waals surface area contributed by atoms with Crippen molar-refractivity contribution < 1.29 is 29.3 Å². The number of rotatable bonds is 9. The van der Waals surface area contributed by atoms with E-state index in [-0.39, 0.29) is 31.5 Å². The van der Waals surface area contributed by atoms with Crippen molar-refractivity contribution in [3.8, 4) is 11.1 Å². The van der Waals surface area contributed by atoms with E-state index >= 15 is 0 Å². The highest BCUT2D eigenvalue weighted by Gasteiger charge is 2.49. The van der Waals surface area contributed by atoms with Gasteiger partial charge in [-0.25, -0.2) is 9.59 Å². The normalized spacial score (nSPS) is 17.3. The van der Waals surface area contributed by atoms with Crippen LogP contribution in [0.2, 0.25) is 0 Å². The number of carbonyl (C=O) groups is 3. The van der Waals surface area contributed by atoms with Gasteiger partial charge in [0.15, 0.2) is 0 Å². The molecule has 2 amide bonds. The Balaban J connectivity index is 1.44. The van der Waals surface area contributed by atoms with E-state index in [0.717, 1.165) is 35.1 Å². The molecule has 0 radical (unpaired) electrons. The van der Waals surface area contributed by atoms with E-state index in [1.54, 1.807) is 6.92 Å². The van der Waals surface area contributed by atoms with E-state index in [9.17, 15) is 19.5 Å². The number of hydrogen-bond donors (Lipinski definition) is 4. The molecule has 2 atom stereocenters. The van der Waals surface area contributed by atoms with Crippen LogP contribution in [0.1, 0.15) is 43.2 Å². The van der Waals surface area contributed by atoms with Crippen molar-refractivity contribution in [3.05, 3.63) is 59.7 Å². The Labute approximate surface area is 192 Å². The van der Waals surface area contributed by atoms with Gasteiger partial charge < -0.3 is 25.6 Å². The summed E-state index contributed by atoms with van der Waals surface area (Å²) in [6, 6.07) is 14.8. The van der Waals surface area contributed by atoms with Crippen LogP contribution in [-0.4, -0.2) is 53.0 Å². The number of ether oxygens (including phenoxy) is 1. The number of hydrogen-bond acceptors (Lipinski definition) is 5. The first kappa shape index (κ1) is 22.8. The standard InChI is InChI=1S/C25H28N2O6/c1-25(15-10-11-15,23(31)26-21(12-13-28)22(29)30)27-24(32)33-14-20-18-8-4-2-6-16(18)17-7-3-5-9-19(17)20/h2-9,15,20-21,28H,10-14H2,1H3,(H,26,31)(H,27,32)(H,29,30). The topological polar surface area (TPSA) is 125 Å². The number of fused-ring (bicyclic) bond motifs is 3. The summed E-state index contributed by atoms with van der Waals surface area (Å²) in [5, 5.41) is 23.5. The van der Waals surface area contributed by atoms with E-state index in [2.05, 4.69) is 10.6 Å². The van der Waals surface area contributed by atoms with Crippen molar-refractivity contribution in [1.82, 2.24) is 10.6 Å². The second-order valence-electron chi connectivity index (χ2n) is 8.80. The second kappa shape index (κ2) is 9.23. The Morgan fingerprint density at radius 2 is 1.64 bits per heavy atom. The number of benzene rings is 2. The Morgan fingerprint density at radius 1 is 1.06 bits per heavy atom. The molecule has 8 heteroatoms. The zero-order valence-corrected chi connectivity index (χ0v) is 18.4. The maximum atomic E-state index is 12.9. The molecular weight excluding hydrogens is 424 g/mol. The number of alkyl carbamates (subject to hydrolysis) is 1. The summed E-state index contributed by atoms with van der Waals surface area (Å²) in [7, 11) is 0. The number of carboxylic acids is 1. The zero-order chi connectivity index (χ0) is 23.6. The van der Waals surface area contributed by atoms with Gasteiger partial charge in [0.05, 0.1) is 0 Å². The predicted molar refractivity (Wildman–Crippen MR) is 121 cm³/mol. The minimum Gasteiger partial charge on any atom is -0.480 e. The fourth-order valence-electron chi connectivity index (χ4n) is 4.55. The lowest BCUT2D eigenvalue weighted by molar-refractivity contribution is -0.143. The van der Waals surface area contributed by atoms with E-state index < -0.39 is 29.6 Å². The van der Waals surface area contributed by atoms with Crippen molar-refractivity contribution in [2.24, 2.45) is 5.92 Å². The van der Waals surface area contributed by atoms with Gasteiger partial charge in [0.25, 0.3) is 0 Å². The molecule has 2 aliphatic carbocycles. The zero-order valence-electron chi connectivity index (χ0n) is 18.4. The quantitative estimate of drug-likeness (QED) is 0.464. The third-order valence-corrected chi connectivity index (χ3v) is 6.59. The van der Waals surface area contributed by atoms with Crippen LogP contribution < -0.4 is 10.6 Å². The number of amides is 2. The molecule has 0 bridgehead atoms. The minimum atomic E-state index is -1.30. The minimum absolute atomic E-state index is 0.106. The molecule has 2 aliphatic rings. The average molecular weight is 453 g/mol. The summed E-state index contributed by atoms with van der Waals surface area (Å²) in [5.74, 6) is -2.05. The summed E-state index contributed by atoms with van der Waals surface area (Å²) in [5.41, 5.74) is 3.11. The number of nitrogens with one attached hydrogen (secondary N) is 2. The third kappa shape index (κ3) is 4.57. The highest BCUT2D eigenvalue weighted by atomic mass is 16.5. The summed E-state index contributed by atoms with van der Waals surface area (Å²) >= 11 is 0. The van der Waals surface area contributed by atoms with E-state index in [1.807, 2.05) is 48.5 Å². The SMILES string of the molecule is CC(NC(=O)OCC1c2ccccc2-c2ccccc21)(C(=O)NC(CCO)C(=O)O)C1CC1. The molecule has 2 unspecified atom stereocenters. The lowest BCUT2D eigenvalue weighted by Crippen LogP contribution is -2.61. The van der Waals surface area contributed by atoms with E-state index in [0.29, 0.717) is 0 Å². The van der Waals surface area contributed by atoms with Gasteiger partial charge in [-0.2, -0.15) is 0 Å². The third-order valence-electron chi connectivity index (χ3n) is 6.59. The maximum absolute atomic E-state index is 12.9. The highest BCUT2D eigenvalue weighted by molar-refractivity contribution is 5.93. The van der Waals surface area contributed by atoms with Gasteiger partial charge in [0.1, 0.15) is 18.2 Å². The second-order valence-corrected chi connectivity index (χ2v) is 8.80. The van der Waals surface area contributed by atoms with Crippen LogP contribution in [-0.2, 0) is 14.3 Å².